The van der Waals surface area contributed by atoms with Crippen LogP contribution in [0, 0.1) is 0 Å². The Bertz CT molecular complexity index is 717. The van der Waals surface area contributed by atoms with Crippen molar-refractivity contribution in [2.24, 2.45) is 5.73 Å². The van der Waals surface area contributed by atoms with E-state index in [9.17, 15) is 9.59 Å². The van der Waals surface area contributed by atoms with Crippen molar-refractivity contribution in [1.82, 2.24) is 0 Å². The van der Waals surface area contributed by atoms with Gasteiger partial charge in [0, 0.05) is 23.7 Å². The number of hydrogen-bond acceptors (Lipinski definition) is 4. The van der Waals surface area contributed by atoms with Crippen molar-refractivity contribution in [2.75, 3.05) is 25.2 Å². The Balaban J connectivity index is 2.08. The second-order valence-corrected chi connectivity index (χ2v) is 5.64. The van der Waals surface area contributed by atoms with Crippen molar-refractivity contribution in [3.63, 3.8) is 0 Å². The molecule has 0 radical (unpaired) electrons. The molecule has 2 aromatic rings. The van der Waals surface area contributed by atoms with Crippen molar-refractivity contribution < 1.29 is 19.1 Å². The lowest BCUT2D eigenvalue weighted by Gasteiger charge is -2.22. The molecule has 2 aromatic carbocycles. The first-order valence-corrected chi connectivity index (χ1v) is 7.98. The summed E-state index contributed by atoms with van der Waals surface area (Å²) in [5, 5.41) is 0.583. The number of benzene rings is 2. The van der Waals surface area contributed by atoms with E-state index in [1.807, 2.05) is 0 Å². The summed E-state index contributed by atoms with van der Waals surface area (Å²) >= 11 is 5.82. The van der Waals surface area contributed by atoms with Crippen LogP contribution in [0.4, 0.5) is 5.69 Å². The third kappa shape index (κ3) is 5.69. The van der Waals surface area contributed by atoms with E-state index in [-0.39, 0.29) is 25.5 Å². The normalized spacial score (nSPS) is 10.2. The van der Waals surface area contributed by atoms with Gasteiger partial charge in [-0.25, -0.2) is 0 Å². The number of rotatable bonds is 8. The Hall–Kier alpha value is -2.73. The number of halogens is 1. The molecule has 0 spiro atoms. The van der Waals surface area contributed by atoms with E-state index in [0.717, 1.165) is 0 Å². The number of methoxy groups -OCH3 is 1. The van der Waals surface area contributed by atoms with Crippen LogP contribution < -0.4 is 20.1 Å². The van der Waals surface area contributed by atoms with Crippen LogP contribution in [0.1, 0.15) is 6.42 Å². The van der Waals surface area contributed by atoms with Crippen LogP contribution in [-0.4, -0.2) is 32.1 Å². The van der Waals surface area contributed by atoms with Crippen LogP contribution in [-0.2, 0) is 9.59 Å². The summed E-state index contributed by atoms with van der Waals surface area (Å²) < 4.78 is 10.6. The molecule has 0 saturated carbocycles. The van der Waals surface area contributed by atoms with E-state index < -0.39 is 5.91 Å². The third-order valence-electron chi connectivity index (χ3n) is 3.44. The van der Waals surface area contributed by atoms with Gasteiger partial charge in [-0.2, -0.15) is 0 Å². The van der Waals surface area contributed by atoms with Gasteiger partial charge in [-0.05, 0) is 48.5 Å². The maximum atomic E-state index is 12.5. The zero-order valence-corrected chi connectivity index (χ0v) is 14.5. The molecule has 7 heteroatoms. The smallest absolute Gasteiger partial charge is 0.264 e. The predicted molar refractivity (Wildman–Crippen MR) is 96.1 cm³/mol. The van der Waals surface area contributed by atoms with Crippen molar-refractivity contribution in [3.8, 4) is 11.5 Å². The fourth-order valence-corrected chi connectivity index (χ4v) is 2.26. The monoisotopic (exact) mass is 362 g/mol. The first-order chi connectivity index (χ1) is 12.0. The van der Waals surface area contributed by atoms with E-state index >= 15 is 0 Å². The van der Waals surface area contributed by atoms with Crippen molar-refractivity contribution in [1.29, 1.82) is 0 Å². The van der Waals surface area contributed by atoms with Gasteiger partial charge in [0.25, 0.3) is 5.91 Å². The molecule has 0 aliphatic carbocycles. The van der Waals surface area contributed by atoms with Gasteiger partial charge in [0.05, 0.1) is 7.11 Å². The van der Waals surface area contributed by atoms with Gasteiger partial charge in [0.2, 0.25) is 5.91 Å². The Labute approximate surface area is 151 Å². The van der Waals surface area contributed by atoms with Gasteiger partial charge in [-0.3, -0.25) is 9.59 Å². The maximum Gasteiger partial charge on any atom is 0.264 e. The highest BCUT2D eigenvalue weighted by Gasteiger charge is 2.17. The molecule has 0 aromatic heterocycles. The number of ether oxygens (including phenoxy) is 2. The summed E-state index contributed by atoms with van der Waals surface area (Å²) in [5.41, 5.74) is 5.83. The van der Waals surface area contributed by atoms with Crippen LogP contribution in [0.3, 0.4) is 0 Å². The molecule has 0 atom stereocenters. The van der Waals surface area contributed by atoms with E-state index in [1.54, 1.807) is 55.6 Å². The predicted octanol–water partition coefficient (Wildman–Crippen LogP) is 2.64. The van der Waals surface area contributed by atoms with Crippen molar-refractivity contribution >= 4 is 29.1 Å². The lowest BCUT2D eigenvalue weighted by atomic mass is 10.2. The number of carbonyl (C=O) groups excluding carboxylic acids is 2. The molecule has 2 amide bonds. The van der Waals surface area contributed by atoms with E-state index in [2.05, 4.69) is 0 Å². The van der Waals surface area contributed by atoms with Gasteiger partial charge >= 0.3 is 0 Å². The Morgan fingerprint density at radius 3 is 2.20 bits per heavy atom. The fraction of sp³-hybridized carbons (Fsp3) is 0.222. The number of nitrogens with zero attached hydrogens (tertiary/aromatic N) is 1. The zero-order valence-electron chi connectivity index (χ0n) is 13.8. The molecule has 0 aliphatic rings. The molecule has 0 saturated heterocycles. The quantitative estimate of drug-likeness (QED) is 0.782. The average Bonchev–Trinajstić information content (AvgIpc) is 2.61. The molecule has 0 aliphatic heterocycles. The summed E-state index contributed by atoms with van der Waals surface area (Å²) in [6, 6.07) is 13.7. The van der Waals surface area contributed by atoms with Gasteiger partial charge in [0.15, 0.2) is 6.61 Å². The summed E-state index contributed by atoms with van der Waals surface area (Å²) in [6.07, 6.45) is 0.0543. The Morgan fingerprint density at radius 1 is 1.04 bits per heavy atom. The Kier molecular flexibility index (Phi) is 6.65. The second-order valence-electron chi connectivity index (χ2n) is 5.20. The zero-order chi connectivity index (χ0) is 18.2. The number of carbonyl (C=O) groups is 2. The minimum atomic E-state index is -0.482. The summed E-state index contributed by atoms with van der Waals surface area (Å²) in [4.78, 5) is 25.1. The SMILES string of the molecule is COc1ccc(N(CCC(N)=O)C(=O)COc2ccc(Cl)cc2)cc1. The summed E-state index contributed by atoms with van der Waals surface area (Å²) in [7, 11) is 1.56. The van der Waals surface area contributed by atoms with Crippen molar-refractivity contribution in [3.05, 3.63) is 53.6 Å². The number of anilines is 1. The molecule has 2 rings (SSSR count). The first-order valence-electron chi connectivity index (χ1n) is 7.60. The number of hydrogen-bond donors (Lipinski definition) is 1. The van der Waals surface area contributed by atoms with Gasteiger partial charge < -0.3 is 20.1 Å². The number of amides is 2. The van der Waals surface area contributed by atoms with Gasteiger partial charge in [-0.15, -0.1) is 0 Å². The maximum absolute atomic E-state index is 12.5. The lowest BCUT2D eigenvalue weighted by molar-refractivity contribution is -0.120. The molecule has 0 fully saturated rings. The third-order valence-corrected chi connectivity index (χ3v) is 3.69. The largest absolute Gasteiger partial charge is 0.497 e. The molecular formula is C18H19ClN2O4. The van der Waals surface area contributed by atoms with Gasteiger partial charge in [-0.1, -0.05) is 11.6 Å². The molecule has 0 unspecified atom stereocenters. The highest BCUT2D eigenvalue weighted by Crippen LogP contribution is 2.20. The van der Waals surface area contributed by atoms with E-state index in [4.69, 9.17) is 26.8 Å². The molecule has 132 valence electrons. The van der Waals surface area contributed by atoms with Crippen molar-refractivity contribution in [2.45, 2.75) is 6.42 Å². The lowest BCUT2D eigenvalue weighted by Crippen LogP contribution is -2.37. The minimum absolute atomic E-state index is 0.0543. The molecule has 6 nitrogen and oxygen atoms in total. The van der Waals surface area contributed by atoms with Crippen LogP contribution in [0.5, 0.6) is 11.5 Å². The van der Waals surface area contributed by atoms with Crippen LogP contribution in [0.15, 0.2) is 48.5 Å². The van der Waals surface area contributed by atoms with Crippen LogP contribution >= 0.6 is 11.6 Å². The molecule has 0 bridgehead atoms. The second kappa shape index (κ2) is 8.94. The van der Waals surface area contributed by atoms with Gasteiger partial charge in [0.1, 0.15) is 11.5 Å². The standard InChI is InChI=1S/C18H19ClN2O4/c1-24-15-8-4-14(5-9-15)21(11-10-17(20)22)18(23)12-25-16-6-2-13(19)3-7-16/h2-9H,10-12H2,1H3,(H2,20,22). The first kappa shape index (κ1) is 18.6. The number of primary amides is 1. The molecule has 0 heterocycles. The van der Waals surface area contributed by atoms with E-state index in [0.29, 0.717) is 22.2 Å². The highest BCUT2D eigenvalue weighted by atomic mass is 35.5. The topological polar surface area (TPSA) is 81.9 Å². The van der Waals surface area contributed by atoms with E-state index in [1.165, 1.54) is 4.90 Å². The molecule has 2 N–H and O–H groups in total. The summed E-state index contributed by atoms with van der Waals surface area (Å²) in [6.45, 7) is -0.00308. The minimum Gasteiger partial charge on any atom is -0.497 e. The molecule has 25 heavy (non-hydrogen) atoms. The average molecular weight is 363 g/mol. The van der Waals surface area contributed by atoms with Crippen LogP contribution in [0.2, 0.25) is 5.02 Å². The highest BCUT2D eigenvalue weighted by molar-refractivity contribution is 6.30. The molecular weight excluding hydrogens is 344 g/mol. The fourth-order valence-electron chi connectivity index (χ4n) is 2.14. The Morgan fingerprint density at radius 2 is 1.64 bits per heavy atom. The van der Waals surface area contributed by atoms with Crippen LogP contribution in [0.25, 0.3) is 0 Å². The number of nitrogens with two attached hydrogens (primary N) is 1. The summed E-state index contributed by atoms with van der Waals surface area (Å²) in [5.74, 6) is 0.428.